The number of aliphatic hydroxyl groups excluding tert-OH is 1. The third-order valence-corrected chi connectivity index (χ3v) is 9.16. The molecule has 2 saturated carbocycles. The Balaban J connectivity index is 0.000000764. The second-order valence-electron chi connectivity index (χ2n) is 11.0. The van der Waals surface area contributed by atoms with E-state index in [9.17, 15) is 9.90 Å². The van der Waals surface area contributed by atoms with E-state index in [1.807, 2.05) is 6.08 Å². The van der Waals surface area contributed by atoms with Crippen molar-refractivity contribution in [3.8, 4) is 18.1 Å². The van der Waals surface area contributed by atoms with Crippen molar-refractivity contribution >= 4 is 11.5 Å². The van der Waals surface area contributed by atoms with Gasteiger partial charge in [0, 0.05) is 19.4 Å². The molecule has 4 heteroatoms. The summed E-state index contributed by atoms with van der Waals surface area (Å²) in [5, 5.41) is 11.0. The second-order valence-corrected chi connectivity index (χ2v) is 11.0. The fourth-order valence-corrected chi connectivity index (χ4v) is 7.52. The van der Waals surface area contributed by atoms with Crippen LogP contribution in [0.3, 0.4) is 0 Å². The molecule has 0 amide bonds. The van der Waals surface area contributed by atoms with Gasteiger partial charge in [0.1, 0.15) is 12.4 Å². The Morgan fingerprint density at radius 3 is 2.79 bits per heavy atom. The van der Waals surface area contributed by atoms with E-state index in [1.54, 1.807) is 12.5 Å². The summed E-state index contributed by atoms with van der Waals surface area (Å²) >= 11 is 0. The van der Waals surface area contributed by atoms with Crippen LogP contribution in [0.15, 0.2) is 41.0 Å². The standard InChI is InChI=1S/C27H33NO3.C3H4/c1-27-15-21(17-4-9-23-24(14-17)31-12-11-28(23)2)26-19-7-5-18(29)13-16(19)3-6-20(26)22(27)8-10-25(27)30;1-3-2/h4,9,13-14,20-22,25,30H,3,5-8,10-12,15H2,1-2H3;1H,2H3. The fourth-order valence-electron chi connectivity index (χ4n) is 7.52. The zero-order valence-corrected chi connectivity index (χ0v) is 20.8. The molecule has 5 unspecified atom stereocenters. The van der Waals surface area contributed by atoms with Crippen LogP contribution in [0.1, 0.15) is 70.3 Å². The summed E-state index contributed by atoms with van der Waals surface area (Å²) in [7, 11) is 2.13. The van der Waals surface area contributed by atoms with Gasteiger partial charge in [0.2, 0.25) is 0 Å². The van der Waals surface area contributed by atoms with Crippen LogP contribution >= 0.6 is 0 Å². The van der Waals surface area contributed by atoms with E-state index < -0.39 is 0 Å². The number of hydrogen-bond acceptors (Lipinski definition) is 4. The van der Waals surface area contributed by atoms with Crippen molar-refractivity contribution in [2.45, 2.75) is 70.8 Å². The molecule has 1 heterocycles. The lowest BCUT2D eigenvalue weighted by atomic mass is 9.53. The quantitative estimate of drug-likeness (QED) is 0.570. The van der Waals surface area contributed by atoms with Gasteiger partial charge in [-0.3, -0.25) is 4.79 Å². The molecule has 0 spiro atoms. The van der Waals surface area contributed by atoms with Crippen molar-refractivity contribution in [1.29, 1.82) is 0 Å². The lowest BCUT2D eigenvalue weighted by molar-refractivity contribution is -0.114. The third kappa shape index (κ3) is 3.69. The molecule has 1 aromatic rings. The van der Waals surface area contributed by atoms with Crippen molar-refractivity contribution in [2.24, 2.45) is 17.3 Å². The number of ketones is 1. The normalized spacial score (nSPS) is 33.8. The monoisotopic (exact) mass is 459 g/mol. The van der Waals surface area contributed by atoms with Gasteiger partial charge < -0.3 is 14.7 Å². The van der Waals surface area contributed by atoms with E-state index in [0.717, 1.165) is 63.1 Å². The molecule has 5 aliphatic rings. The number of benzene rings is 1. The SMILES string of the molecule is C#CC.CN1CCOc2cc(C3CC4(C)C(O)CCC4C4CCC5=CC(=O)CCC5=C34)ccc21. The molecule has 1 N–H and O–H groups in total. The summed E-state index contributed by atoms with van der Waals surface area (Å²) in [6.45, 7) is 5.63. The summed E-state index contributed by atoms with van der Waals surface area (Å²) in [4.78, 5) is 14.4. The van der Waals surface area contributed by atoms with Crippen LogP contribution in [-0.2, 0) is 4.79 Å². The molecule has 1 aromatic carbocycles. The number of likely N-dealkylation sites (N-methyl/N-ethyl adjacent to an activating group) is 1. The lowest BCUT2D eigenvalue weighted by Gasteiger charge is -2.52. The molecule has 2 fully saturated rings. The number of allylic oxidation sites excluding steroid dienone is 4. The largest absolute Gasteiger partial charge is 0.490 e. The molecule has 0 radical (unpaired) electrons. The number of carbonyl (C=O) groups is 1. The molecule has 0 bridgehead atoms. The highest BCUT2D eigenvalue weighted by Gasteiger charge is 2.56. The number of rotatable bonds is 1. The molecule has 4 aliphatic carbocycles. The van der Waals surface area contributed by atoms with E-state index in [1.165, 1.54) is 16.7 Å². The number of ether oxygens (including phenoxy) is 1. The molecule has 4 nitrogen and oxygen atoms in total. The van der Waals surface area contributed by atoms with Gasteiger partial charge in [0.25, 0.3) is 0 Å². The maximum atomic E-state index is 12.1. The Labute approximate surface area is 204 Å². The van der Waals surface area contributed by atoms with Crippen LogP contribution < -0.4 is 9.64 Å². The fraction of sp³-hybridized carbons (Fsp3) is 0.567. The minimum atomic E-state index is -0.212. The van der Waals surface area contributed by atoms with Gasteiger partial charge >= 0.3 is 0 Å². The Morgan fingerprint density at radius 2 is 2.00 bits per heavy atom. The molecule has 34 heavy (non-hydrogen) atoms. The van der Waals surface area contributed by atoms with Crippen molar-refractivity contribution < 1.29 is 14.6 Å². The van der Waals surface area contributed by atoms with E-state index in [-0.39, 0.29) is 17.3 Å². The van der Waals surface area contributed by atoms with Crippen LogP contribution in [0.2, 0.25) is 0 Å². The summed E-state index contributed by atoms with van der Waals surface area (Å²) in [5.41, 5.74) is 6.81. The number of anilines is 1. The first-order valence-corrected chi connectivity index (χ1v) is 12.9. The topological polar surface area (TPSA) is 49.8 Å². The first-order valence-electron chi connectivity index (χ1n) is 12.9. The Kier molecular flexibility index (Phi) is 6.10. The molecule has 5 atom stereocenters. The van der Waals surface area contributed by atoms with Crippen molar-refractivity contribution in [3.63, 3.8) is 0 Å². The highest BCUT2D eigenvalue weighted by molar-refractivity contribution is 5.93. The van der Waals surface area contributed by atoms with E-state index >= 15 is 0 Å². The number of terminal acetylenes is 1. The van der Waals surface area contributed by atoms with E-state index in [0.29, 0.717) is 24.2 Å². The minimum Gasteiger partial charge on any atom is -0.490 e. The summed E-state index contributed by atoms with van der Waals surface area (Å²) in [6.07, 6.45) is 13.0. The zero-order chi connectivity index (χ0) is 24.0. The predicted molar refractivity (Wildman–Crippen MR) is 136 cm³/mol. The smallest absolute Gasteiger partial charge is 0.156 e. The molecule has 0 aromatic heterocycles. The summed E-state index contributed by atoms with van der Waals surface area (Å²) < 4.78 is 6.05. The van der Waals surface area contributed by atoms with Gasteiger partial charge in [-0.25, -0.2) is 0 Å². The Morgan fingerprint density at radius 1 is 1.21 bits per heavy atom. The first kappa shape index (κ1) is 23.2. The molecular formula is C30H37NO3. The van der Waals surface area contributed by atoms with Crippen molar-refractivity contribution in [1.82, 2.24) is 0 Å². The van der Waals surface area contributed by atoms with Crippen LogP contribution in [0.5, 0.6) is 5.75 Å². The highest BCUT2D eigenvalue weighted by Crippen LogP contribution is 2.64. The minimum absolute atomic E-state index is 0.0291. The van der Waals surface area contributed by atoms with Gasteiger partial charge in [0.15, 0.2) is 5.78 Å². The molecular weight excluding hydrogens is 422 g/mol. The molecule has 6 rings (SSSR count). The zero-order valence-electron chi connectivity index (χ0n) is 20.8. The van der Waals surface area contributed by atoms with E-state index in [4.69, 9.17) is 4.74 Å². The van der Waals surface area contributed by atoms with Gasteiger partial charge in [-0.15, -0.1) is 12.3 Å². The summed E-state index contributed by atoms with van der Waals surface area (Å²) in [6, 6.07) is 6.76. The summed E-state index contributed by atoms with van der Waals surface area (Å²) in [5.74, 6) is 4.91. The average Bonchev–Trinajstić information content (AvgIpc) is 3.13. The highest BCUT2D eigenvalue weighted by atomic mass is 16.5. The van der Waals surface area contributed by atoms with Gasteiger partial charge in [-0.2, -0.15) is 0 Å². The molecule has 0 saturated heterocycles. The number of fused-ring (bicyclic) bond motifs is 5. The molecule has 1 aliphatic heterocycles. The maximum Gasteiger partial charge on any atom is 0.156 e. The maximum absolute atomic E-state index is 12.1. The van der Waals surface area contributed by atoms with Gasteiger partial charge in [0.05, 0.1) is 18.3 Å². The first-order chi connectivity index (χ1) is 16.4. The Hall–Kier alpha value is -2.51. The van der Waals surface area contributed by atoms with Crippen LogP contribution in [0.25, 0.3) is 0 Å². The third-order valence-electron chi connectivity index (χ3n) is 9.16. The van der Waals surface area contributed by atoms with Crippen LogP contribution in [0.4, 0.5) is 5.69 Å². The van der Waals surface area contributed by atoms with E-state index in [2.05, 4.69) is 49.4 Å². The predicted octanol–water partition coefficient (Wildman–Crippen LogP) is 5.42. The molecule has 180 valence electrons. The van der Waals surface area contributed by atoms with Crippen LogP contribution in [-0.4, -0.2) is 37.2 Å². The number of nitrogens with zero attached hydrogens (tertiary/aromatic N) is 1. The Bertz CT molecular complexity index is 1090. The van der Waals surface area contributed by atoms with Crippen molar-refractivity contribution in [2.75, 3.05) is 25.1 Å². The number of carbonyl (C=O) groups excluding carboxylic acids is 1. The number of aliphatic hydroxyl groups is 1. The lowest BCUT2D eigenvalue weighted by Crippen LogP contribution is -2.45. The average molecular weight is 460 g/mol. The second kappa shape index (κ2) is 8.93. The van der Waals surface area contributed by atoms with Crippen molar-refractivity contribution in [3.05, 3.63) is 46.6 Å². The van der Waals surface area contributed by atoms with Gasteiger partial charge in [-0.05, 0) is 97.6 Å². The van der Waals surface area contributed by atoms with Crippen LogP contribution in [0, 0.1) is 29.6 Å². The van der Waals surface area contributed by atoms with Gasteiger partial charge in [-0.1, -0.05) is 18.6 Å². The number of hydrogen-bond donors (Lipinski definition) is 1.